The van der Waals surface area contributed by atoms with Crippen LogP contribution in [0.5, 0.6) is 11.5 Å². The lowest BCUT2D eigenvalue weighted by Crippen LogP contribution is -2.22. The first-order chi connectivity index (χ1) is 22.1. The van der Waals surface area contributed by atoms with E-state index in [4.69, 9.17) is 20.7 Å². The maximum Gasteiger partial charge on any atom is 0.182 e. The highest BCUT2D eigenvalue weighted by molar-refractivity contribution is 5.82. The van der Waals surface area contributed by atoms with E-state index in [0.29, 0.717) is 28.2 Å². The van der Waals surface area contributed by atoms with Crippen LogP contribution in [-0.4, -0.2) is 36.7 Å². The second-order valence-corrected chi connectivity index (χ2v) is 12.7. The monoisotopic (exact) mass is 617 g/mol. The standard InChI is InChI=1S/C35H39N9O2/c1-7-34(3,4)23-18-17-22(19-29(23)43-38-25-13-9-10-14-26(25)39-43)46-33-31(37-21-36)24(35(5,6)8-2)20-30(32(33)42-45)44-40-27-15-11-12-16-28(27)41-44/h9-20,37H,7-8,21,36H2,1-6H3. The number of hydrogen-bond acceptors (Lipinski definition) is 9. The van der Waals surface area contributed by atoms with Gasteiger partial charge in [-0.1, -0.05) is 71.9 Å². The number of anilines is 1. The van der Waals surface area contributed by atoms with E-state index in [9.17, 15) is 4.91 Å². The molecule has 11 nitrogen and oxygen atoms in total. The fourth-order valence-electron chi connectivity index (χ4n) is 5.53. The van der Waals surface area contributed by atoms with Crippen molar-refractivity contribution in [3.8, 4) is 22.9 Å². The Morgan fingerprint density at radius 1 is 0.739 bits per heavy atom. The summed E-state index contributed by atoms with van der Waals surface area (Å²) in [5, 5.41) is 25.7. The van der Waals surface area contributed by atoms with Crippen molar-refractivity contribution < 1.29 is 4.74 Å². The van der Waals surface area contributed by atoms with E-state index in [0.717, 1.165) is 40.7 Å². The summed E-state index contributed by atoms with van der Waals surface area (Å²) in [7, 11) is 0. The van der Waals surface area contributed by atoms with E-state index in [1.807, 2.05) is 72.8 Å². The molecule has 0 spiro atoms. The molecule has 236 valence electrons. The second-order valence-electron chi connectivity index (χ2n) is 12.7. The van der Waals surface area contributed by atoms with Gasteiger partial charge in [-0.2, -0.15) is 0 Å². The van der Waals surface area contributed by atoms with E-state index in [1.54, 1.807) is 4.80 Å². The number of hydrogen-bond donors (Lipinski definition) is 2. The summed E-state index contributed by atoms with van der Waals surface area (Å²) in [4.78, 5) is 15.9. The molecule has 4 aromatic carbocycles. The van der Waals surface area contributed by atoms with E-state index < -0.39 is 0 Å². The Hall–Kier alpha value is -5.16. The molecule has 11 heteroatoms. The molecule has 0 aliphatic heterocycles. The molecular formula is C35H39N9O2. The van der Waals surface area contributed by atoms with Crippen molar-refractivity contribution in [1.29, 1.82) is 0 Å². The molecule has 46 heavy (non-hydrogen) atoms. The highest BCUT2D eigenvalue weighted by Gasteiger charge is 2.31. The number of nitrogens with two attached hydrogens (primary N) is 1. The lowest BCUT2D eigenvalue weighted by molar-refractivity contribution is 0.469. The lowest BCUT2D eigenvalue weighted by Gasteiger charge is -2.29. The van der Waals surface area contributed by atoms with Gasteiger partial charge in [0, 0.05) is 6.07 Å². The summed E-state index contributed by atoms with van der Waals surface area (Å²) >= 11 is 0. The molecule has 2 heterocycles. The Kier molecular flexibility index (Phi) is 8.03. The molecule has 6 aromatic rings. The fourth-order valence-corrected chi connectivity index (χ4v) is 5.53. The van der Waals surface area contributed by atoms with Crippen LogP contribution < -0.4 is 15.8 Å². The number of benzene rings is 4. The lowest BCUT2D eigenvalue weighted by atomic mass is 9.80. The summed E-state index contributed by atoms with van der Waals surface area (Å²) in [6, 6.07) is 23.0. The van der Waals surface area contributed by atoms with E-state index >= 15 is 0 Å². The summed E-state index contributed by atoms with van der Waals surface area (Å²) < 4.78 is 6.69. The first kappa shape index (κ1) is 30.8. The SMILES string of the molecule is CCC(C)(C)c1ccc(Oc2c(N=O)c(-n3nc4ccccc4n3)cc(C(C)(C)CC)c2NCN)cc1-n1nc2ccccc2n1. The Balaban J connectivity index is 1.59. The smallest absolute Gasteiger partial charge is 0.182 e. The van der Waals surface area contributed by atoms with Gasteiger partial charge in [0.25, 0.3) is 0 Å². The number of fused-ring (bicyclic) bond motifs is 2. The highest BCUT2D eigenvalue weighted by Crippen LogP contribution is 2.49. The first-order valence-corrected chi connectivity index (χ1v) is 15.6. The van der Waals surface area contributed by atoms with E-state index in [-0.39, 0.29) is 28.9 Å². The van der Waals surface area contributed by atoms with Gasteiger partial charge < -0.3 is 15.8 Å². The molecule has 0 saturated carbocycles. The zero-order chi connectivity index (χ0) is 32.6. The largest absolute Gasteiger partial charge is 0.453 e. The number of rotatable bonds is 11. The van der Waals surface area contributed by atoms with Crippen LogP contribution >= 0.6 is 0 Å². The third-order valence-corrected chi connectivity index (χ3v) is 9.02. The van der Waals surface area contributed by atoms with Gasteiger partial charge in [0.05, 0.1) is 18.0 Å². The second kappa shape index (κ2) is 12.0. The molecule has 0 fully saturated rings. The summed E-state index contributed by atoms with van der Waals surface area (Å²) in [5.41, 5.74) is 12.3. The van der Waals surface area contributed by atoms with Gasteiger partial charge in [-0.3, -0.25) is 0 Å². The molecule has 0 aliphatic carbocycles. The van der Waals surface area contributed by atoms with Gasteiger partial charge >= 0.3 is 0 Å². The summed E-state index contributed by atoms with van der Waals surface area (Å²) in [5.74, 6) is 0.718. The van der Waals surface area contributed by atoms with Crippen molar-refractivity contribution in [3.05, 3.63) is 88.8 Å². The van der Waals surface area contributed by atoms with Crippen LogP contribution in [0.25, 0.3) is 33.4 Å². The van der Waals surface area contributed by atoms with Crippen molar-refractivity contribution in [2.75, 3.05) is 12.0 Å². The topological polar surface area (TPSA) is 138 Å². The zero-order valence-electron chi connectivity index (χ0n) is 27.1. The average molecular weight is 618 g/mol. The van der Waals surface area contributed by atoms with Crippen LogP contribution in [0.1, 0.15) is 65.5 Å². The molecule has 0 aliphatic rings. The predicted octanol–water partition coefficient (Wildman–Crippen LogP) is 8.05. The molecule has 0 unspecified atom stereocenters. The number of ether oxygens (including phenoxy) is 1. The van der Waals surface area contributed by atoms with E-state index in [2.05, 4.69) is 62.2 Å². The van der Waals surface area contributed by atoms with Crippen LogP contribution in [0.2, 0.25) is 0 Å². The minimum Gasteiger partial charge on any atom is -0.453 e. The third kappa shape index (κ3) is 5.47. The number of nitroso groups, excluding NO2 is 1. The molecule has 3 N–H and O–H groups in total. The summed E-state index contributed by atoms with van der Waals surface area (Å²) in [6.45, 7) is 13.0. The van der Waals surface area contributed by atoms with Crippen molar-refractivity contribution in [3.63, 3.8) is 0 Å². The van der Waals surface area contributed by atoms with E-state index in [1.165, 1.54) is 4.80 Å². The maximum atomic E-state index is 12.7. The van der Waals surface area contributed by atoms with Gasteiger partial charge in [-0.25, -0.2) is 0 Å². The van der Waals surface area contributed by atoms with Gasteiger partial charge in [-0.15, -0.1) is 34.9 Å². The van der Waals surface area contributed by atoms with Crippen LogP contribution in [0.15, 0.2) is 78.0 Å². The number of nitrogens with zero attached hydrogens (tertiary/aromatic N) is 7. The molecular weight excluding hydrogens is 578 g/mol. The van der Waals surface area contributed by atoms with Crippen molar-refractivity contribution >= 4 is 33.4 Å². The minimum absolute atomic E-state index is 0.0503. The predicted molar refractivity (Wildman–Crippen MR) is 183 cm³/mol. The summed E-state index contributed by atoms with van der Waals surface area (Å²) in [6.07, 6.45) is 1.70. The van der Waals surface area contributed by atoms with Crippen molar-refractivity contribution in [2.24, 2.45) is 10.9 Å². The van der Waals surface area contributed by atoms with Gasteiger partial charge in [0.15, 0.2) is 11.4 Å². The number of aromatic nitrogens is 6. The molecule has 0 atom stereocenters. The number of nitrogens with one attached hydrogen (secondary N) is 1. The quantitative estimate of drug-likeness (QED) is 0.110. The average Bonchev–Trinajstić information content (AvgIpc) is 3.70. The molecule has 6 rings (SSSR count). The molecule has 0 amide bonds. The van der Waals surface area contributed by atoms with Gasteiger partial charge in [-0.05, 0) is 76.4 Å². The fraction of sp³-hybridized carbons (Fsp3) is 0.314. The third-order valence-electron chi connectivity index (χ3n) is 9.02. The zero-order valence-corrected chi connectivity index (χ0v) is 27.1. The molecule has 0 bridgehead atoms. The Bertz CT molecular complexity index is 1990. The Morgan fingerprint density at radius 2 is 1.24 bits per heavy atom. The van der Waals surface area contributed by atoms with Crippen LogP contribution in [0.3, 0.4) is 0 Å². The first-order valence-electron chi connectivity index (χ1n) is 15.6. The van der Waals surface area contributed by atoms with Gasteiger partial charge in [0.2, 0.25) is 0 Å². The van der Waals surface area contributed by atoms with Crippen LogP contribution in [-0.2, 0) is 10.8 Å². The molecule has 2 aromatic heterocycles. The van der Waals surface area contributed by atoms with Gasteiger partial charge in [0.1, 0.15) is 33.5 Å². The molecule has 0 saturated heterocycles. The van der Waals surface area contributed by atoms with Crippen LogP contribution in [0, 0.1) is 4.91 Å². The maximum absolute atomic E-state index is 12.7. The Morgan fingerprint density at radius 3 is 1.72 bits per heavy atom. The normalized spacial score (nSPS) is 12.2. The Labute approximate surface area is 267 Å². The van der Waals surface area contributed by atoms with Crippen LogP contribution in [0.4, 0.5) is 11.4 Å². The highest BCUT2D eigenvalue weighted by atomic mass is 16.5. The van der Waals surface area contributed by atoms with Crippen molar-refractivity contribution in [2.45, 2.75) is 65.2 Å². The van der Waals surface area contributed by atoms with Crippen molar-refractivity contribution in [1.82, 2.24) is 30.0 Å². The molecule has 0 radical (unpaired) electrons. The minimum atomic E-state index is -0.336.